The van der Waals surface area contributed by atoms with Crippen molar-refractivity contribution < 1.29 is 9.47 Å². The number of hydrogen-bond acceptors (Lipinski definition) is 3. The maximum atomic E-state index is 5.66. The SMILES string of the molecule is CCOc1ccc(CNC(=S)Nc2cccc(C)c2C)cc1OCC. The van der Waals surface area contributed by atoms with Crippen LogP contribution in [-0.2, 0) is 6.54 Å². The van der Waals surface area contributed by atoms with E-state index in [0.717, 1.165) is 22.7 Å². The summed E-state index contributed by atoms with van der Waals surface area (Å²) in [5, 5.41) is 7.09. The van der Waals surface area contributed by atoms with Gasteiger partial charge < -0.3 is 20.1 Å². The van der Waals surface area contributed by atoms with Crippen LogP contribution in [0.2, 0.25) is 0 Å². The molecule has 0 aliphatic rings. The Morgan fingerprint density at radius 3 is 2.44 bits per heavy atom. The third kappa shape index (κ3) is 5.36. The van der Waals surface area contributed by atoms with E-state index >= 15 is 0 Å². The Bertz CT molecular complexity index is 732. The van der Waals surface area contributed by atoms with E-state index < -0.39 is 0 Å². The summed E-state index contributed by atoms with van der Waals surface area (Å²) in [6.45, 7) is 9.92. The number of benzene rings is 2. The van der Waals surface area contributed by atoms with Crippen LogP contribution in [0, 0.1) is 13.8 Å². The van der Waals surface area contributed by atoms with Crippen LogP contribution >= 0.6 is 12.2 Å². The highest BCUT2D eigenvalue weighted by Gasteiger charge is 2.07. The monoisotopic (exact) mass is 358 g/mol. The number of rotatable bonds is 7. The molecule has 0 fully saturated rings. The van der Waals surface area contributed by atoms with E-state index in [-0.39, 0.29) is 0 Å². The summed E-state index contributed by atoms with van der Waals surface area (Å²) in [5.41, 5.74) is 4.54. The van der Waals surface area contributed by atoms with E-state index in [2.05, 4.69) is 30.5 Å². The van der Waals surface area contributed by atoms with E-state index in [4.69, 9.17) is 21.7 Å². The summed E-state index contributed by atoms with van der Waals surface area (Å²) in [4.78, 5) is 0. The second-order valence-corrected chi connectivity index (χ2v) is 6.11. The molecule has 0 spiro atoms. The molecule has 25 heavy (non-hydrogen) atoms. The summed E-state index contributed by atoms with van der Waals surface area (Å²) >= 11 is 5.41. The Morgan fingerprint density at radius 2 is 1.72 bits per heavy atom. The van der Waals surface area contributed by atoms with Crippen LogP contribution in [0.3, 0.4) is 0 Å². The molecule has 2 N–H and O–H groups in total. The molecule has 0 bridgehead atoms. The minimum Gasteiger partial charge on any atom is -0.490 e. The van der Waals surface area contributed by atoms with Gasteiger partial charge in [0, 0.05) is 12.2 Å². The molecule has 2 aromatic rings. The van der Waals surface area contributed by atoms with Gasteiger partial charge in [-0.2, -0.15) is 0 Å². The van der Waals surface area contributed by atoms with Gasteiger partial charge in [-0.25, -0.2) is 0 Å². The van der Waals surface area contributed by atoms with Gasteiger partial charge >= 0.3 is 0 Å². The molecule has 0 saturated heterocycles. The largest absolute Gasteiger partial charge is 0.490 e. The first-order chi connectivity index (χ1) is 12.0. The topological polar surface area (TPSA) is 42.5 Å². The molecule has 0 atom stereocenters. The van der Waals surface area contributed by atoms with Crippen molar-refractivity contribution in [2.45, 2.75) is 34.2 Å². The third-order valence-corrected chi connectivity index (χ3v) is 4.16. The maximum Gasteiger partial charge on any atom is 0.171 e. The highest BCUT2D eigenvalue weighted by Crippen LogP contribution is 2.28. The smallest absolute Gasteiger partial charge is 0.171 e. The normalized spacial score (nSPS) is 10.2. The van der Waals surface area contributed by atoms with Crippen molar-refractivity contribution in [1.29, 1.82) is 0 Å². The van der Waals surface area contributed by atoms with Gasteiger partial charge in [0.25, 0.3) is 0 Å². The van der Waals surface area contributed by atoms with Gasteiger partial charge in [-0.15, -0.1) is 0 Å². The van der Waals surface area contributed by atoms with Gasteiger partial charge in [-0.05, 0) is 74.8 Å². The molecule has 0 saturated carbocycles. The lowest BCUT2D eigenvalue weighted by Crippen LogP contribution is -2.28. The predicted octanol–water partition coefficient (Wildman–Crippen LogP) is 4.59. The zero-order chi connectivity index (χ0) is 18.2. The predicted molar refractivity (Wildman–Crippen MR) is 108 cm³/mol. The average molecular weight is 359 g/mol. The number of anilines is 1. The van der Waals surface area contributed by atoms with Gasteiger partial charge in [0.15, 0.2) is 16.6 Å². The number of nitrogens with one attached hydrogen (secondary N) is 2. The van der Waals surface area contributed by atoms with Crippen LogP contribution in [0.15, 0.2) is 36.4 Å². The fourth-order valence-corrected chi connectivity index (χ4v) is 2.62. The molecular formula is C20H26N2O2S. The van der Waals surface area contributed by atoms with Crippen LogP contribution in [0.4, 0.5) is 5.69 Å². The second kappa shape index (κ2) is 9.28. The van der Waals surface area contributed by atoms with Gasteiger partial charge in [0.1, 0.15) is 0 Å². The van der Waals surface area contributed by atoms with Gasteiger partial charge in [-0.1, -0.05) is 18.2 Å². The van der Waals surface area contributed by atoms with Gasteiger partial charge in [-0.3, -0.25) is 0 Å². The first-order valence-electron chi connectivity index (χ1n) is 8.54. The lowest BCUT2D eigenvalue weighted by Gasteiger charge is -2.15. The molecule has 4 nitrogen and oxygen atoms in total. The van der Waals surface area contributed by atoms with Crippen molar-refractivity contribution in [3.8, 4) is 11.5 Å². The lowest BCUT2D eigenvalue weighted by atomic mass is 10.1. The zero-order valence-corrected chi connectivity index (χ0v) is 16.1. The van der Waals surface area contributed by atoms with Gasteiger partial charge in [0.05, 0.1) is 13.2 Å². The Balaban J connectivity index is 1.99. The fraction of sp³-hybridized carbons (Fsp3) is 0.350. The molecule has 0 aliphatic heterocycles. The summed E-state index contributed by atoms with van der Waals surface area (Å²) in [7, 11) is 0. The third-order valence-electron chi connectivity index (χ3n) is 3.91. The molecule has 0 heterocycles. The van der Waals surface area contributed by atoms with Crippen molar-refractivity contribution >= 4 is 23.0 Å². The quantitative estimate of drug-likeness (QED) is 0.709. The minimum absolute atomic E-state index is 0.598. The van der Waals surface area contributed by atoms with Crippen molar-refractivity contribution in [2.24, 2.45) is 0 Å². The highest BCUT2D eigenvalue weighted by atomic mass is 32.1. The molecule has 0 aromatic heterocycles. The fourth-order valence-electron chi connectivity index (χ4n) is 2.44. The van der Waals surface area contributed by atoms with E-state index in [1.807, 2.05) is 44.2 Å². The minimum atomic E-state index is 0.598. The second-order valence-electron chi connectivity index (χ2n) is 5.70. The first kappa shape index (κ1) is 19.1. The van der Waals surface area contributed by atoms with Crippen molar-refractivity contribution in [2.75, 3.05) is 18.5 Å². The number of hydrogen-bond donors (Lipinski definition) is 2. The molecule has 5 heteroatoms. The van der Waals surface area contributed by atoms with Crippen molar-refractivity contribution in [1.82, 2.24) is 5.32 Å². The Labute approximate surface area is 155 Å². The van der Waals surface area contributed by atoms with Crippen LogP contribution < -0.4 is 20.1 Å². The van der Waals surface area contributed by atoms with Crippen LogP contribution in [0.5, 0.6) is 11.5 Å². The molecule has 0 amide bonds. The Hall–Kier alpha value is -2.27. The summed E-state index contributed by atoms with van der Waals surface area (Å²) in [6, 6.07) is 12.1. The van der Waals surface area contributed by atoms with E-state index in [1.165, 1.54) is 11.1 Å². The Morgan fingerprint density at radius 1 is 1.00 bits per heavy atom. The molecule has 0 radical (unpaired) electrons. The highest BCUT2D eigenvalue weighted by molar-refractivity contribution is 7.80. The van der Waals surface area contributed by atoms with Crippen LogP contribution in [0.1, 0.15) is 30.5 Å². The van der Waals surface area contributed by atoms with Crippen molar-refractivity contribution in [3.63, 3.8) is 0 Å². The summed E-state index contributed by atoms with van der Waals surface area (Å²) in [5.74, 6) is 1.53. The van der Waals surface area contributed by atoms with Crippen LogP contribution in [-0.4, -0.2) is 18.3 Å². The number of thiocarbonyl (C=S) groups is 1. The summed E-state index contributed by atoms with van der Waals surface area (Å²) in [6.07, 6.45) is 0. The Kier molecular flexibility index (Phi) is 7.07. The van der Waals surface area contributed by atoms with Gasteiger partial charge in [0.2, 0.25) is 0 Å². The number of ether oxygens (including phenoxy) is 2. The maximum absolute atomic E-state index is 5.66. The van der Waals surface area contributed by atoms with E-state index in [9.17, 15) is 0 Å². The van der Waals surface area contributed by atoms with E-state index in [1.54, 1.807) is 0 Å². The molecular weight excluding hydrogens is 332 g/mol. The molecule has 0 aliphatic carbocycles. The average Bonchev–Trinajstić information content (AvgIpc) is 2.59. The molecule has 0 unspecified atom stereocenters. The molecule has 2 rings (SSSR count). The molecule has 2 aromatic carbocycles. The summed E-state index contributed by atoms with van der Waals surface area (Å²) < 4.78 is 11.3. The zero-order valence-electron chi connectivity index (χ0n) is 15.3. The molecule has 134 valence electrons. The lowest BCUT2D eigenvalue weighted by molar-refractivity contribution is 0.287. The standard InChI is InChI=1S/C20H26N2O2S/c1-5-23-18-11-10-16(12-19(18)24-6-2)13-21-20(25)22-17-9-7-8-14(3)15(17)4/h7-12H,5-6,13H2,1-4H3,(H2,21,22,25). The van der Waals surface area contributed by atoms with Crippen LogP contribution in [0.25, 0.3) is 0 Å². The number of aryl methyl sites for hydroxylation is 1. The van der Waals surface area contributed by atoms with Crippen molar-refractivity contribution in [3.05, 3.63) is 53.1 Å². The van der Waals surface area contributed by atoms with E-state index in [0.29, 0.717) is 24.9 Å². The first-order valence-corrected chi connectivity index (χ1v) is 8.95.